The number of carbonyl (C=O) groups excluding carboxylic acids is 1. The molecule has 0 aliphatic rings. The highest BCUT2D eigenvalue weighted by molar-refractivity contribution is 5.68. The molecule has 0 radical (unpaired) electrons. The van der Waals surface area contributed by atoms with Crippen molar-refractivity contribution < 1.29 is 19.0 Å². The topological polar surface area (TPSA) is 44.8 Å². The van der Waals surface area contributed by atoms with Crippen molar-refractivity contribution in [2.45, 2.75) is 38.9 Å². The average Bonchev–Trinajstić information content (AvgIpc) is 2.57. The number of methoxy groups -OCH3 is 2. The summed E-state index contributed by atoms with van der Waals surface area (Å²) in [6.45, 7) is 6.44. The van der Waals surface area contributed by atoms with E-state index in [9.17, 15) is 4.79 Å². The van der Waals surface area contributed by atoms with Gasteiger partial charge in [-0.1, -0.05) is 25.1 Å². The van der Waals surface area contributed by atoms with Gasteiger partial charge in [-0.3, -0.25) is 4.79 Å². The van der Waals surface area contributed by atoms with Crippen molar-refractivity contribution in [3.8, 4) is 5.75 Å². The van der Waals surface area contributed by atoms with Gasteiger partial charge >= 0.3 is 5.97 Å². The van der Waals surface area contributed by atoms with E-state index in [0.29, 0.717) is 13.0 Å². The summed E-state index contributed by atoms with van der Waals surface area (Å²) in [5.41, 5.74) is 1.09. The van der Waals surface area contributed by atoms with E-state index in [-0.39, 0.29) is 18.0 Å². The highest BCUT2D eigenvalue weighted by Crippen LogP contribution is 2.19. The second kappa shape index (κ2) is 10.0. The Morgan fingerprint density at radius 1 is 1.27 bits per heavy atom. The predicted octanol–water partition coefficient (Wildman–Crippen LogP) is 3.75. The standard InChI is InChI=1S/C18H26O4/c1-5-14(2)17(7-6-8-18(19)21-4)22-13-15-9-11-16(20-3)12-10-15/h5,9-12,14,17H,1,6-8,13H2,2-4H3/t14-,17-/m0/s1. The van der Waals surface area contributed by atoms with Crippen LogP contribution in [0.2, 0.25) is 0 Å². The monoisotopic (exact) mass is 306 g/mol. The second-order valence-electron chi connectivity index (χ2n) is 5.26. The van der Waals surface area contributed by atoms with E-state index < -0.39 is 0 Å². The quantitative estimate of drug-likeness (QED) is 0.488. The number of carbonyl (C=O) groups is 1. The summed E-state index contributed by atoms with van der Waals surface area (Å²) in [5.74, 6) is 0.883. The average molecular weight is 306 g/mol. The van der Waals surface area contributed by atoms with E-state index in [1.165, 1.54) is 7.11 Å². The summed E-state index contributed by atoms with van der Waals surface area (Å²) in [5, 5.41) is 0. The Bertz CT molecular complexity index is 453. The molecule has 0 amide bonds. The molecule has 4 nitrogen and oxygen atoms in total. The molecule has 0 bridgehead atoms. The maximum Gasteiger partial charge on any atom is 0.305 e. The van der Waals surface area contributed by atoms with Gasteiger partial charge in [-0.15, -0.1) is 6.58 Å². The van der Waals surface area contributed by atoms with E-state index in [1.54, 1.807) is 7.11 Å². The predicted molar refractivity (Wildman–Crippen MR) is 86.8 cm³/mol. The molecule has 1 aromatic carbocycles. The van der Waals surface area contributed by atoms with E-state index in [4.69, 9.17) is 9.47 Å². The Hall–Kier alpha value is -1.81. The molecule has 122 valence electrons. The van der Waals surface area contributed by atoms with Crippen molar-refractivity contribution in [2.75, 3.05) is 14.2 Å². The summed E-state index contributed by atoms with van der Waals surface area (Å²) in [4.78, 5) is 11.2. The summed E-state index contributed by atoms with van der Waals surface area (Å²) < 4.78 is 15.8. The molecular formula is C18H26O4. The van der Waals surface area contributed by atoms with Crippen molar-refractivity contribution in [1.29, 1.82) is 0 Å². The Morgan fingerprint density at radius 3 is 2.50 bits per heavy atom. The molecule has 0 aliphatic carbocycles. The van der Waals surface area contributed by atoms with Crippen molar-refractivity contribution >= 4 is 5.97 Å². The SMILES string of the molecule is C=C[C@H](C)[C@H](CCCC(=O)OC)OCc1ccc(OC)cc1. The van der Waals surface area contributed by atoms with Crippen molar-refractivity contribution in [1.82, 2.24) is 0 Å². The van der Waals surface area contributed by atoms with Crippen molar-refractivity contribution in [3.63, 3.8) is 0 Å². The number of rotatable bonds is 10. The first-order valence-electron chi connectivity index (χ1n) is 7.54. The van der Waals surface area contributed by atoms with Crippen LogP contribution in [0, 0.1) is 5.92 Å². The first-order chi connectivity index (χ1) is 10.6. The van der Waals surface area contributed by atoms with E-state index in [2.05, 4.69) is 18.2 Å². The van der Waals surface area contributed by atoms with Gasteiger partial charge in [0.1, 0.15) is 5.75 Å². The van der Waals surface area contributed by atoms with Gasteiger partial charge in [-0.05, 0) is 36.5 Å². The molecule has 0 unspecified atom stereocenters. The molecule has 4 heteroatoms. The van der Waals surface area contributed by atoms with Crippen LogP contribution in [0.1, 0.15) is 31.7 Å². The van der Waals surface area contributed by atoms with E-state index >= 15 is 0 Å². The third-order valence-electron chi connectivity index (χ3n) is 3.68. The minimum Gasteiger partial charge on any atom is -0.497 e. The Balaban J connectivity index is 2.49. The molecule has 22 heavy (non-hydrogen) atoms. The minimum atomic E-state index is -0.180. The van der Waals surface area contributed by atoms with Gasteiger partial charge < -0.3 is 14.2 Å². The van der Waals surface area contributed by atoms with Gasteiger partial charge in [0.25, 0.3) is 0 Å². The molecule has 0 heterocycles. The van der Waals surface area contributed by atoms with Gasteiger partial charge in [0.15, 0.2) is 0 Å². The van der Waals surface area contributed by atoms with Crippen LogP contribution in [-0.2, 0) is 20.9 Å². The number of hydrogen-bond donors (Lipinski definition) is 0. The molecule has 0 spiro atoms. The van der Waals surface area contributed by atoms with Crippen LogP contribution in [0.4, 0.5) is 0 Å². The zero-order valence-corrected chi connectivity index (χ0v) is 13.7. The van der Waals surface area contributed by atoms with Gasteiger partial charge in [0, 0.05) is 6.42 Å². The smallest absolute Gasteiger partial charge is 0.305 e. The third kappa shape index (κ3) is 6.31. The first-order valence-corrected chi connectivity index (χ1v) is 7.54. The molecule has 1 rings (SSSR count). The van der Waals surface area contributed by atoms with Gasteiger partial charge in [-0.25, -0.2) is 0 Å². The van der Waals surface area contributed by atoms with Crippen LogP contribution >= 0.6 is 0 Å². The van der Waals surface area contributed by atoms with Crippen LogP contribution < -0.4 is 4.74 Å². The molecule has 1 aromatic rings. The fourth-order valence-corrected chi connectivity index (χ4v) is 2.12. The molecule has 0 saturated carbocycles. The number of esters is 1. The highest BCUT2D eigenvalue weighted by Gasteiger charge is 2.16. The third-order valence-corrected chi connectivity index (χ3v) is 3.68. The van der Waals surface area contributed by atoms with Crippen LogP contribution in [0.25, 0.3) is 0 Å². The second-order valence-corrected chi connectivity index (χ2v) is 5.26. The number of benzene rings is 1. The maximum atomic E-state index is 11.2. The fraction of sp³-hybridized carbons (Fsp3) is 0.500. The van der Waals surface area contributed by atoms with Crippen LogP contribution in [0.15, 0.2) is 36.9 Å². The Labute approximate surface area is 133 Å². The molecule has 0 aromatic heterocycles. The zero-order chi connectivity index (χ0) is 16.4. The Kier molecular flexibility index (Phi) is 8.30. The van der Waals surface area contributed by atoms with Crippen LogP contribution in [0.5, 0.6) is 5.75 Å². The first kappa shape index (κ1) is 18.2. The van der Waals surface area contributed by atoms with Gasteiger partial charge in [0.05, 0.1) is 26.9 Å². The molecular weight excluding hydrogens is 280 g/mol. The normalized spacial score (nSPS) is 13.2. The Morgan fingerprint density at radius 2 is 1.95 bits per heavy atom. The lowest BCUT2D eigenvalue weighted by molar-refractivity contribution is -0.140. The van der Waals surface area contributed by atoms with Crippen molar-refractivity contribution in [2.24, 2.45) is 5.92 Å². The van der Waals surface area contributed by atoms with Gasteiger partial charge in [0.2, 0.25) is 0 Å². The molecule has 0 N–H and O–H groups in total. The van der Waals surface area contributed by atoms with E-state index in [1.807, 2.05) is 30.3 Å². The van der Waals surface area contributed by atoms with Crippen LogP contribution in [-0.4, -0.2) is 26.3 Å². The summed E-state index contributed by atoms with van der Waals surface area (Å²) in [6.07, 6.45) is 3.90. The van der Waals surface area contributed by atoms with Crippen molar-refractivity contribution in [3.05, 3.63) is 42.5 Å². The lowest BCUT2D eigenvalue weighted by atomic mass is 9.99. The zero-order valence-electron chi connectivity index (χ0n) is 13.7. The maximum absolute atomic E-state index is 11.2. The van der Waals surface area contributed by atoms with Gasteiger partial charge in [-0.2, -0.15) is 0 Å². The summed E-state index contributed by atoms with van der Waals surface area (Å²) >= 11 is 0. The molecule has 0 saturated heterocycles. The molecule has 2 atom stereocenters. The van der Waals surface area contributed by atoms with E-state index in [0.717, 1.165) is 24.2 Å². The van der Waals surface area contributed by atoms with Crippen LogP contribution in [0.3, 0.4) is 0 Å². The largest absolute Gasteiger partial charge is 0.497 e. The number of ether oxygens (including phenoxy) is 3. The number of hydrogen-bond acceptors (Lipinski definition) is 4. The lowest BCUT2D eigenvalue weighted by Crippen LogP contribution is -2.21. The lowest BCUT2D eigenvalue weighted by Gasteiger charge is -2.22. The summed E-state index contributed by atoms with van der Waals surface area (Å²) in [6, 6.07) is 7.82. The molecule has 0 aliphatic heterocycles. The fourth-order valence-electron chi connectivity index (χ4n) is 2.12. The summed E-state index contributed by atoms with van der Waals surface area (Å²) in [7, 11) is 3.06. The minimum absolute atomic E-state index is 0.0456. The molecule has 0 fully saturated rings. The highest BCUT2D eigenvalue weighted by atomic mass is 16.5.